The van der Waals surface area contributed by atoms with Crippen molar-refractivity contribution in [2.45, 2.75) is 65.4 Å². The summed E-state index contributed by atoms with van der Waals surface area (Å²) in [7, 11) is -3.02. The molecule has 0 N–H and O–H groups in total. The molecule has 0 amide bonds. The molecule has 0 aromatic heterocycles. The fourth-order valence-corrected chi connectivity index (χ4v) is 11.1. The van der Waals surface area contributed by atoms with Crippen LogP contribution in [0.5, 0.6) is 0 Å². The minimum absolute atomic E-state index is 0.118. The highest BCUT2D eigenvalue weighted by molar-refractivity contribution is 6.92. The van der Waals surface area contributed by atoms with Crippen molar-refractivity contribution >= 4 is 30.9 Å². The Morgan fingerprint density at radius 1 is 0.766 bits per heavy atom. The van der Waals surface area contributed by atoms with Crippen LogP contribution < -0.4 is 10.4 Å². The van der Waals surface area contributed by atoms with Crippen molar-refractivity contribution in [2.24, 2.45) is 29.6 Å². The molecule has 4 saturated carbocycles. The molecule has 8 heteroatoms. The Morgan fingerprint density at radius 3 is 1.66 bits per heavy atom. The van der Waals surface area contributed by atoms with Crippen LogP contribution in [0.4, 0.5) is 0 Å². The van der Waals surface area contributed by atoms with Crippen LogP contribution in [0.25, 0.3) is 0 Å². The Kier molecular flexibility index (Phi) is 12.8. The van der Waals surface area contributed by atoms with Crippen LogP contribution >= 0.6 is 0 Å². The molecular weight excluding hydrogens is 609 g/mol. The first-order valence-corrected chi connectivity index (χ1v) is 18.7. The van der Waals surface area contributed by atoms with Crippen LogP contribution in [-0.2, 0) is 32.7 Å². The van der Waals surface area contributed by atoms with E-state index in [2.05, 4.69) is 33.6 Å². The summed E-state index contributed by atoms with van der Waals surface area (Å²) in [5.74, 6) is 2.78. The molecule has 0 atom stereocenters. The second-order valence-corrected chi connectivity index (χ2v) is 16.4. The standard InChI is InChI=1S/C22H26O5Si.C17H26O2/c1-4-24-15-17-26-28(20-11-7-5-8-12-20,21-13-9-6-10-14-21)27-18-16-25-22(23)19(2)3;1-10(2)16(18)19-17(11(3)4)14-6-12-5-13(8-14)9-15(17)7-12/h4-14H,1-2,15-18H2,3H3;11-15H,1,5-9H2,2-4H3. The highest BCUT2D eigenvalue weighted by Gasteiger charge is 2.60. The zero-order valence-electron chi connectivity index (χ0n) is 28.6. The fourth-order valence-electron chi connectivity index (χ4n) is 8.01. The van der Waals surface area contributed by atoms with Crippen LogP contribution in [0, 0.1) is 29.6 Å². The average Bonchev–Trinajstić information content (AvgIpc) is 3.06. The Balaban J connectivity index is 0.000000228. The van der Waals surface area contributed by atoms with Crippen molar-refractivity contribution in [2.75, 3.05) is 26.4 Å². The Bertz CT molecular complexity index is 1300. The second kappa shape index (κ2) is 16.6. The Labute approximate surface area is 282 Å². The largest absolute Gasteiger partial charge is 0.499 e. The van der Waals surface area contributed by atoms with Gasteiger partial charge in [0.2, 0.25) is 0 Å². The van der Waals surface area contributed by atoms with Gasteiger partial charge in [-0.25, -0.2) is 9.59 Å². The molecule has 7 nitrogen and oxygen atoms in total. The summed E-state index contributed by atoms with van der Waals surface area (Å²) >= 11 is 0. The highest BCUT2D eigenvalue weighted by Crippen LogP contribution is 2.61. The molecule has 0 aliphatic heterocycles. The van der Waals surface area contributed by atoms with Crippen LogP contribution in [-0.4, -0.2) is 52.5 Å². The third-order valence-electron chi connectivity index (χ3n) is 9.84. The van der Waals surface area contributed by atoms with Gasteiger partial charge >= 0.3 is 20.5 Å². The van der Waals surface area contributed by atoms with E-state index >= 15 is 0 Å². The molecule has 47 heavy (non-hydrogen) atoms. The molecule has 0 saturated heterocycles. The van der Waals surface area contributed by atoms with Gasteiger partial charge in [-0.05, 0) is 85.9 Å². The van der Waals surface area contributed by atoms with Crippen molar-refractivity contribution in [1.82, 2.24) is 0 Å². The summed E-state index contributed by atoms with van der Waals surface area (Å²) in [6, 6.07) is 19.7. The van der Waals surface area contributed by atoms with Gasteiger partial charge in [0.1, 0.15) is 18.8 Å². The number of ether oxygens (including phenoxy) is 3. The van der Waals surface area contributed by atoms with Gasteiger partial charge in [-0.1, -0.05) is 94.2 Å². The molecule has 4 aliphatic rings. The van der Waals surface area contributed by atoms with E-state index in [0.29, 0.717) is 42.1 Å². The quantitative estimate of drug-likeness (QED) is 0.0709. The van der Waals surface area contributed by atoms with Crippen molar-refractivity contribution < 1.29 is 32.7 Å². The monoisotopic (exact) mass is 660 g/mol. The number of hydrogen-bond acceptors (Lipinski definition) is 7. The Morgan fingerprint density at radius 2 is 1.23 bits per heavy atom. The number of esters is 2. The zero-order valence-corrected chi connectivity index (χ0v) is 29.6. The molecule has 4 fully saturated rings. The smallest absolute Gasteiger partial charge is 0.407 e. The van der Waals surface area contributed by atoms with Crippen LogP contribution in [0.3, 0.4) is 0 Å². The normalized spacial score (nSPS) is 24.1. The van der Waals surface area contributed by atoms with Gasteiger partial charge in [-0.2, -0.15) is 0 Å². The third kappa shape index (κ3) is 8.53. The first-order chi connectivity index (χ1) is 22.5. The molecule has 0 unspecified atom stereocenters. The summed E-state index contributed by atoms with van der Waals surface area (Å²) in [5, 5.41) is 1.93. The lowest BCUT2D eigenvalue weighted by atomic mass is 9.47. The maximum Gasteiger partial charge on any atom is 0.407 e. The third-order valence-corrected chi connectivity index (χ3v) is 13.2. The van der Waals surface area contributed by atoms with E-state index in [9.17, 15) is 9.59 Å². The van der Waals surface area contributed by atoms with Crippen molar-refractivity contribution in [1.29, 1.82) is 0 Å². The van der Waals surface area contributed by atoms with Crippen molar-refractivity contribution in [3.8, 4) is 0 Å². The molecule has 0 radical (unpaired) electrons. The number of carbonyl (C=O) groups excluding carboxylic acids is 2. The van der Waals surface area contributed by atoms with Crippen LogP contribution in [0.1, 0.15) is 59.8 Å². The predicted octanol–water partition coefficient (Wildman–Crippen LogP) is 6.51. The molecule has 6 rings (SSSR count). The van der Waals surface area contributed by atoms with Gasteiger partial charge in [0, 0.05) is 11.1 Å². The maximum atomic E-state index is 12.1. The highest BCUT2D eigenvalue weighted by atomic mass is 28.4. The first kappa shape index (κ1) is 36.4. The summed E-state index contributed by atoms with van der Waals surface area (Å²) in [6.45, 7) is 19.7. The number of benzene rings is 2. The minimum Gasteiger partial charge on any atom is -0.499 e. The number of carbonyl (C=O) groups is 2. The van der Waals surface area contributed by atoms with Crippen molar-refractivity contribution in [3.63, 3.8) is 0 Å². The minimum atomic E-state index is -3.02. The second-order valence-electron chi connectivity index (χ2n) is 13.5. The lowest BCUT2D eigenvalue weighted by molar-refractivity contribution is -0.221. The lowest BCUT2D eigenvalue weighted by Gasteiger charge is -2.61. The lowest BCUT2D eigenvalue weighted by Crippen LogP contribution is -2.64. The molecule has 0 heterocycles. The molecule has 4 aliphatic carbocycles. The predicted molar refractivity (Wildman–Crippen MR) is 187 cm³/mol. The SMILES string of the molecule is C=C(C)C(=O)OC1(C(C)C)C2CC3CC(C2)CC1C3.C=COCCO[Si](OCCOC(=O)C(=C)C)(c1ccccc1)c1ccccc1. The summed E-state index contributed by atoms with van der Waals surface area (Å²) in [6.07, 6.45) is 7.90. The summed E-state index contributed by atoms with van der Waals surface area (Å²) in [4.78, 5) is 23.8. The van der Waals surface area contributed by atoms with E-state index in [1.165, 1.54) is 38.4 Å². The maximum absolute atomic E-state index is 12.1. The molecular formula is C39H52O7Si. The van der Waals surface area contributed by atoms with Gasteiger partial charge in [0.05, 0.1) is 19.5 Å². The topological polar surface area (TPSA) is 80.3 Å². The molecule has 2 aromatic rings. The van der Waals surface area contributed by atoms with E-state index in [1.54, 1.807) is 13.8 Å². The zero-order chi connectivity index (χ0) is 34.0. The van der Waals surface area contributed by atoms with Gasteiger partial charge in [0.25, 0.3) is 0 Å². The van der Waals surface area contributed by atoms with Gasteiger partial charge in [0.15, 0.2) is 0 Å². The van der Waals surface area contributed by atoms with Crippen LogP contribution in [0.15, 0.2) is 97.8 Å². The van der Waals surface area contributed by atoms with Crippen molar-refractivity contribution in [3.05, 3.63) is 97.8 Å². The molecule has 254 valence electrons. The van der Waals surface area contributed by atoms with E-state index in [4.69, 9.17) is 23.1 Å². The molecule has 4 bridgehead atoms. The number of rotatable bonds is 15. The summed E-state index contributed by atoms with van der Waals surface area (Å²) < 4.78 is 29.2. The molecule has 0 spiro atoms. The fraction of sp³-hybridized carbons (Fsp3) is 0.487. The Hall–Kier alpha value is -3.46. The van der Waals surface area contributed by atoms with Gasteiger partial charge in [-0.3, -0.25) is 0 Å². The van der Waals surface area contributed by atoms with Gasteiger partial charge < -0.3 is 23.1 Å². The average molecular weight is 661 g/mol. The van der Waals surface area contributed by atoms with Crippen LogP contribution in [0.2, 0.25) is 0 Å². The van der Waals surface area contributed by atoms with E-state index in [1.807, 2.05) is 60.7 Å². The number of hydrogen-bond donors (Lipinski definition) is 0. The van der Waals surface area contributed by atoms with E-state index < -0.39 is 14.5 Å². The van der Waals surface area contributed by atoms with E-state index in [0.717, 1.165) is 22.2 Å². The first-order valence-electron chi connectivity index (χ1n) is 16.9. The van der Waals surface area contributed by atoms with E-state index in [-0.39, 0.29) is 24.8 Å². The van der Waals surface area contributed by atoms with Gasteiger partial charge in [-0.15, -0.1) is 0 Å². The molecule has 2 aromatic carbocycles. The summed E-state index contributed by atoms with van der Waals surface area (Å²) in [5.41, 5.74) is 0.685.